The lowest BCUT2D eigenvalue weighted by atomic mass is 10.1. The summed E-state index contributed by atoms with van der Waals surface area (Å²) >= 11 is 0. The molecule has 0 aliphatic carbocycles. The van der Waals surface area contributed by atoms with Crippen molar-refractivity contribution in [2.75, 3.05) is 70.3 Å². The van der Waals surface area contributed by atoms with E-state index in [1.807, 2.05) is 0 Å². The zero-order valence-corrected chi connectivity index (χ0v) is 16.5. The molecule has 3 heterocycles. The molecular weight excluding hydrogens is 367 g/mol. The van der Waals surface area contributed by atoms with E-state index >= 15 is 0 Å². The summed E-state index contributed by atoms with van der Waals surface area (Å²) in [5, 5.41) is 9.74. The predicted octanol–water partition coefficient (Wildman–Crippen LogP) is 1.89. The van der Waals surface area contributed by atoms with Crippen molar-refractivity contribution >= 4 is 5.69 Å². The van der Waals surface area contributed by atoms with E-state index in [0.29, 0.717) is 0 Å². The second-order valence-electron chi connectivity index (χ2n) is 7.56. The van der Waals surface area contributed by atoms with Crippen LogP contribution in [0.15, 0.2) is 18.2 Å². The van der Waals surface area contributed by atoms with Crippen molar-refractivity contribution in [3.63, 3.8) is 0 Å². The standard InChI is InChI=1S/C16H22F3N3.C4H10N2/c17-16(18,19)14-4-3-13(12-21-9-5-20-6-10-21)15(11-14)22-7-1-2-8-22;1-2-6-4-3-5-1/h3-4,11,20H,1-2,5-10,12H2;5-6H,1-4H2. The minimum Gasteiger partial charge on any atom is -0.371 e. The Morgan fingerprint density at radius 2 is 1.36 bits per heavy atom. The molecule has 8 heteroatoms. The monoisotopic (exact) mass is 399 g/mol. The van der Waals surface area contributed by atoms with E-state index < -0.39 is 11.7 Å². The van der Waals surface area contributed by atoms with Gasteiger partial charge in [0.05, 0.1) is 5.56 Å². The van der Waals surface area contributed by atoms with Gasteiger partial charge in [0.1, 0.15) is 0 Å². The van der Waals surface area contributed by atoms with Crippen LogP contribution in [0.2, 0.25) is 0 Å². The minimum atomic E-state index is -4.28. The van der Waals surface area contributed by atoms with Crippen molar-refractivity contribution in [2.24, 2.45) is 0 Å². The van der Waals surface area contributed by atoms with Crippen molar-refractivity contribution in [3.8, 4) is 0 Å². The van der Waals surface area contributed by atoms with Gasteiger partial charge in [0.25, 0.3) is 0 Å². The number of nitrogens with one attached hydrogen (secondary N) is 3. The van der Waals surface area contributed by atoms with E-state index in [1.54, 1.807) is 6.07 Å². The molecule has 4 rings (SSSR count). The third-order valence-corrected chi connectivity index (χ3v) is 5.42. The Hall–Kier alpha value is -1.35. The molecule has 0 aromatic heterocycles. The predicted molar refractivity (Wildman–Crippen MR) is 107 cm³/mol. The van der Waals surface area contributed by atoms with E-state index in [2.05, 4.69) is 25.8 Å². The van der Waals surface area contributed by atoms with E-state index in [1.165, 1.54) is 12.1 Å². The van der Waals surface area contributed by atoms with Gasteiger partial charge in [-0.15, -0.1) is 0 Å². The van der Waals surface area contributed by atoms with Crippen molar-refractivity contribution in [3.05, 3.63) is 29.3 Å². The highest BCUT2D eigenvalue weighted by molar-refractivity contribution is 5.56. The Morgan fingerprint density at radius 1 is 0.786 bits per heavy atom. The minimum absolute atomic E-state index is 0.543. The lowest BCUT2D eigenvalue weighted by Crippen LogP contribution is -2.43. The fourth-order valence-electron chi connectivity index (χ4n) is 3.84. The quantitative estimate of drug-likeness (QED) is 0.725. The van der Waals surface area contributed by atoms with Crippen LogP contribution in [0.4, 0.5) is 18.9 Å². The Labute approximate surface area is 165 Å². The molecule has 158 valence electrons. The molecule has 0 bridgehead atoms. The van der Waals surface area contributed by atoms with E-state index in [-0.39, 0.29) is 0 Å². The van der Waals surface area contributed by atoms with Crippen molar-refractivity contribution < 1.29 is 13.2 Å². The number of anilines is 1. The number of hydrogen-bond donors (Lipinski definition) is 3. The molecule has 0 spiro atoms. The fraction of sp³-hybridized carbons (Fsp3) is 0.700. The van der Waals surface area contributed by atoms with Gasteiger partial charge in [0.2, 0.25) is 0 Å². The zero-order chi connectivity index (χ0) is 19.8. The van der Waals surface area contributed by atoms with Gasteiger partial charge in [-0.1, -0.05) is 6.07 Å². The van der Waals surface area contributed by atoms with Crippen LogP contribution < -0.4 is 20.9 Å². The van der Waals surface area contributed by atoms with E-state index in [9.17, 15) is 13.2 Å². The number of halogens is 3. The van der Waals surface area contributed by atoms with Crippen LogP contribution in [0.25, 0.3) is 0 Å². The average Bonchev–Trinajstić information content (AvgIpc) is 3.25. The summed E-state index contributed by atoms with van der Waals surface area (Å²) < 4.78 is 39.0. The highest BCUT2D eigenvalue weighted by atomic mass is 19.4. The maximum absolute atomic E-state index is 13.0. The van der Waals surface area contributed by atoms with Gasteiger partial charge in [-0.3, -0.25) is 4.90 Å². The van der Waals surface area contributed by atoms with Crippen LogP contribution in [0, 0.1) is 0 Å². The summed E-state index contributed by atoms with van der Waals surface area (Å²) in [6.45, 7) is 10.8. The number of alkyl halides is 3. The van der Waals surface area contributed by atoms with Crippen LogP contribution in [-0.2, 0) is 12.7 Å². The van der Waals surface area contributed by atoms with Crippen LogP contribution in [-0.4, -0.2) is 70.3 Å². The summed E-state index contributed by atoms with van der Waals surface area (Å²) in [5.74, 6) is 0. The molecule has 1 aromatic rings. The second kappa shape index (κ2) is 10.4. The molecule has 3 N–H and O–H groups in total. The molecule has 1 aromatic carbocycles. The Balaban J connectivity index is 0.000000320. The molecule has 0 atom stereocenters. The largest absolute Gasteiger partial charge is 0.416 e. The van der Waals surface area contributed by atoms with Gasteiger partial charge in [-0.25, -0.2) is 0 Å². The van der Waals surface area contributed by atoms with Crippen LogP contribution in [0.1, 0.15) is 24.0 Å². The molecule has 0 amide bonds. The zero-order valence-electron chi connectivity index (χ0n) is 16.5. The summed E-state index contributed by atoms with van der Waals surface area (Å²) in [4.78, 5) is 4.41. The number of rotatable bonds is 3. The van der Waals surface area contributed by atoms with E-state index in [0.717, 1.165) is 96.1 Å². The highest BCUT2D eigenvalue weighted by Crippen LogP contribution is 2.35. The van der Waals surface area contributed by atoms with Crippen molar-refractivity contribution in [1.82, 2.24) is 20.9 Å². The highest BCUT2D eigenvalue weighted by Gasteiger charge is 2.32. The molecule has 0 saturated carbocycles. The molecule has 5 nitrogen and oxygen atoms in total. The third-order valence-electron chi connectivity index (χ3n) is 5.42. The molecule has 3 aliphatic heterocycles. The Morgan fingerprint density at radius 3 is 1.89 bits per heavy atom. The number of nitrogens with zero attached hydrogens (tertiary/aromatic N) is 2. The third kappa shape index (κ3) is 6.34. The first kappa shape index (κ1) is 21.4. The smallest absolute Gasteiger partial charge is 0.371 e. The van der Waals surface area contributed by atoms with Crippen LogP contribution in [0.3, 0.4) is 0 Å². The van der Waals surface area contributed by atoms with Gasteiger partial charge >= 0.3 is 6.18 Å². The number of benzene rings is 1. The normalized spacial score (nSPS) is 21.3. The van der Waals surface area contributed by atoms with Gasteiger partial charge in [0, 0.05) is 77.7 Å². The molecule has 3 saturated heterocycles. The molecular formula is C20H32F3N5. The topological polar surface area (TPSA) is 42.6 Å². The molecule has 3 aliphatic rings. The van der Waals surface area contributed by atoms with E-state index in [4.69, 9.17) is 0 Å². The lowest BCUT2D eigenvalue weighted by Gasteiger charge is -2.30. The van der Waals surface area contributed by atoms with Crippen molar-refractivity contribution in [1.29, 1.82) is 0 Å². The van der Waals surface area contributed by atoms with Gasteiger partial charge in [-0.05, 0) is 30.5 Å². The molecule has 3 fully saturated rings. The second-order valence-corrected chi connectivity index (χ2v) is 7.56. The first-order chi connectivity index (χ1) is 13.5. The first-order valence-electron chi connectivity index (χ1n) is 10.3. The SMILES string of the molecule is C1CNCCN1.FC(F)(F)c1ccc(CN2CCNCC2)c(N2CCCC2)c1. The van der Waals surface area contributed by atoms with Gasteiger partial charge in [0.15, 0.2) is 0 Å². The summed E-state index contributed by atoms with van der Waals surface area (Å²) in [5.41, 5.74) is 1.24. The molecule has 0 radical (unpaired) electrons. The Bertz CT molecular complexity index is 580. The summed E-state index contributed by atoms with van der Waals surface area (Å²) in [6, 6.07) is 4.22. The van der Waals surface area contributed by atoms with Crippen molar-refractivity contribution in [2.45, 2.75) is 25.6 Å². The fourth-order valence-corrected chi connectivity index (χ4v) is 3.84. The lowest BCUT2D eigenvalue weighted by molar-refractivity contribution is -0.137. The van der Waals surface area contributed by atoms with Crippen LogP contribution >= 0.6 is 0 Å². The number of hydrogen-bond acceptors (Lipinski definition) is 5. The summed E-state index contributed by atoms with van der Waals surface area (Å²) in [6.07, 6.45) is -2.16. The molecule has 28 heavy (non-hydrogen) atoms. The van der Waals surface area contributed by atoms with Crippen LogP contribution in [0.5, 0.6) is 0 Å². The van der Waals surface area contributed by atoms with Gasteiger partial charge < -0.3 is 20.9 Å². The number of piperazine rings is 2. The average molecular weight is 400 g/mol. The first-order valence-corrected chi connectivity index (χ1v) is 10.3. The Kier molecular flexibility index (Phi) is 7.96. The van der Waals surface area contributed by atoms with Gasteiger partial charge in [-0.2, -0.15) is 13.2 Å². The summed E-state index contributed by atoms with van der Waals surface area (Å²) in [7, 11) is 0. The maximum Gasteiger partial charge on any atom is 0.416 e. The molecule has 0 unspecified atom stereocenters. The maximum atomic E-state index is 13.0.